The van der Waals surface area contributed by atoms with Crippen LogP contribution in [0.25, 0.3) is 0 Å². The van der Waals surface area contributed by atoms with Crippen molar-refractivity contribution in [2.75, 3.05) is 33.1 Å². The minimum Gasteiger partial charge on any atom is -0.454 e. The quantitative estimate of drug-likeness (QED) is 0.337. The normalized spacial score (nSPS) is 22.3. The van der Waals surface area contributed by atoms with Gasteiger partial charge in [0.15, 0.2) is 17.8 Å². The van der Waals surface area contributed by atoms with Crippen molar-refractivity contribution < 1.29 is 42.0 Å². The number of amides is 1. The molecule has 2 aromatic carbocycles. The van der Waals surface area contributed by atoms with Crippen LogP contribution >= 0.6 is 0 Å². The highest BCUT2D eigenvalue weighted by molar-refractivity contribution is 7.89. The fourth-order valence-corrected chi connectivity index (χ4v) is 7.40. The molecule has 3 unspecified atom stereocenters. The first-order valence-corrected chi connectivity index (χ1v) is 16.2. The van der Waals surface area contributed by atoms with Crippen LogP contribution in [-0.2, 0) is 30.7 Å². The maximum atomic E-state index is 14.1. The van der Waals surface area contributed by atoms with Crippen molar-refractivity contribution in [1.29, 1.82) is 5.26 Å². The molecule has 2 saturated heterocycles. The number of alkyl carbamates (subject to hydrolysis) is 1. The molecule has 0 aromatic heterocycles. The Morgan fingerprint density at radius 1 is 1.18 bits per heavy atom. The fourth-order valence-electron chi connectivity index (χ4n) is 5.74. The van der Waals surface area contributed by atoms with Gasteiger partial charge in [0.05, 0.1) is 42.2 Å². The molecule has 3 heterocycles. The molecule has 0 bridgehead atoms. The first-order chi connectivity index (χ1) is 21.1. The number of nitriles is 1. The lowest BCUT2D eigenvalue weighted by molar-refractivity contribution is -0.0907. The van der Waals surface area contributed by atoms with Gasteiger partial charge in [-0.15, -0.1) is 0 Å². The van der Waals surface area contributed by atoms with Gasteiger partial charge in [0.1, 0.15) is 6.10 Å². The lowest BCUT2D eigenvalue weighted by atomic mass is 9.88. The number of benzene rings is 2. The second-order valence-electron chi connectivity index (χ2n) is 12.1. The molecule has 3 aliphatic heterocycles. The summed E-state index contributed by atoms with van der Waals surface area (Å²) in [6.45, 7) is 4.19. The highest BCUT2D eigenvalue weighted by Gasteiger charge is 2.44. The predicted octanol–water partition coefficient (Wildman–Crippen LogP) is 3.20. The standard InChI is InChI=1S/C31H39N3O9S/c1-31(2,12-6-13-32)19-34(44(37,38)22-9-10-26-27(16-22)42-20-41-26)17-25(35)24(15-21-7-4-3-5-8-21)33-30(36)43-28-18-40-29-23(28)11-14-39-29/h3-5,7-10,16,23-25,28-29,35H,6,11-12,14-15,17-20H2,1-2H3,(H,33,36)/t23?,24-,25-,28?,29?/m0/s1. The molecule has 44 heavy (non-hydrogen) atoms. The number of rotatable bonds is 13. The van der Waals surface area contributed by atoms with E-state index < -0.39 is 46.1 Å². The zero-order valence-corrected chi connectivity index (χ0v) is 25.7. The van der Waals surface area contributed by atoms with Gasteiger partial charge >= 0.3 is 6.09 Å². The maximum Gasteiger partial charge on any atom is 0.407 e. The molecular weight excluding hydrogens is 590 g/mol. The van der Waals surface area contributed by atoms with Crippen LogP contribution < -0.4 is 14.8 Å². The number of fused-ring (bicyclic) bond motifs is 2. The summed E-state index contributed by atoms with van der Waals surface area (Å²) >= 11 is 0. The summed E-state index contributed by atoms with van der Waals surface area (Å²) in [7, 11) is -4.16. The molecule has 2 N–H and O–H groups in total. The Bertz CT molecular complexity index is 1450. The summed E-state index contributed by atoms with van der Waals surface area (Å²) < 4.78 is 56.9. The largest absolute Gasteiger partial charge is 0.454 e. The van der Waals surface area contributed by atoms with E-state index in [-0.39, 0.29) is 50.1 Å². The van der Waals surface area contributed by atoms with Gasteiger partial charge in [-0.2, -0.15) is 9.57 Å². The smallest absolute Gasteiger partial charge is 0.407 e. The van der Waals surface area contributed by atoms with Gasteiger partial charge in [0.25, 0.3) is 0 Å². The van der Waals surface area contributed by atoms with Crippen molar-refractivity contribution >= 4 is 16.1 Å². The average Bonchev–Trinajstić information content (AvgIpc) is 3.74. The molecule has 3 aliphatic rings. The molecule has 1 amide bonds. The Labute approximate surface area is 257 Å². The monoisotopic (exact) mass is 629 g/mol. The van der Waals surface area contributed by atoms with Gasteiger partial charge in [-0.05, 0) is 42.4 Å². The average molecular weight is 630 g/mol. The van der Waals surface area contributed by atoms with Crippen molar-refractivity contribution in [3.63, 3.8) is 0 Å². The Morgan fingerprint density at radius 2 is 1.95 bits per heavy atom. The first kappa shape index (κ1) is 32.0. The Balaban J connectivity index is 1.38. The van der Waals surface area contributed by atoms with Crippen LogP contribution in [0.4, 0.5) is 4.79 Å². The first-order valence-electron chi connectivity index (χ1n) is 14.7. The fraction of sp³-hybridized carbons (Fsp3) is 0.548. The molecule has 0 radical (unpaired) electrons. The van der Waals surface area contributed by atoms with Crippen LogP contribution in [0, 0.1) is 22.7 Å². The van der Waals surface area contributed by atoms with Crippen LogP contribution in [0.1, 0.15) is 38.7 Å². The Hall–Kier alpha value is -3.41. The van der Waals surface area contributed by atoms with E-state index in [0.717, 1.165) is 5.56 Å². The van der Waals surface area contributed by atoms with Crippen molar-refractivity contribution in [2.45, 2.75) is 69.0 Å². The van der Waals surface area contributed by atoms with Crippen molar-refractivity contribution in [3.8, 4) is 17.6 Å². The van der Waals surface area contributed by atoms with E-state index in [1.807, 2.05) is 44.2 Å². The molecule has 0 saturated carbocycles. The van der Waals surface area contributed by atoms with E-state index >= 15 is 0 Å². The molecule has 2 aromatic rings. The van der Waals surface area contributed by atoms with E-state index in [9.17, 15) is 23.6 Å². The van der Waals surface area contributed by atoms with Crippen LogP contribution in [0.5, 0.6) is 11.5 Å². The SMILES string of the molecule is CC(C)(CCC#N)CN(C[C@H](O)[C@H](Cc1ccccc1)NC(=O)OC1COC2OCCC12)S(=O)(=O)c1ccc2c(c1)OCO2. The van der Waals surface area contributed by atoms with Crippen LogP contribution in [-0.4, -0.2) is 81.6 Å². The zero-order chi connectivity index (χ0) is 31.3. The Morgan fingerprint density at radius 3 is 2.73 bits per heavy atom. The highest BCUT2D eigenvalue weighted by Crippen LogP contribution is 2.36. The molecule has 5 atom stereocenters. The molecule has 12 nitrogen and oxygen atoms in total. The van der Waals surface area contributed by atoms with Gasteiger partial charge in [-0.3, -0.25) is 0 Å². The third kappa shape index (κ3) is 7.62. The minimum absolute atomic E-state index is 0.00715. The third-order valence-electron chi connectivity index (χ3n) is 8.20. The van der Waals surface area contributed by atoms with E-state index in [4.69, 9.17) is 23.7 Å². The molecule has 238 valence electrons. The number of nitrogens with zero attached hydrogens (tertiary/aromatic N) is 2. The number of nitrogens with one attached hydrogen (secondary N) is 1. The zero-order valence-electron chi connectivity index (χ0n) is 24.9. The van der Waals surface area contributed by atoms with Crippen LogP contribution in [0.3, 0.4) is 0 Å². The van der Waals surface area contributed by atoms with E-state index in [2.05, 4.69) is 11.4 Å². The number of carbonyl (C=O) groups is 1. The van der Waals surface area contributed by atoms with E-state index in [1.54, 1.807) is 0 Å². The lowest BCUT2D eigenvalue weighted by Crippen LogP contribution is -2.52. The second kappa shape index (κ2) is 13.7. The summed E-state index contributed by atoms with van der Waals surface area (Å²) in [4.78, 5) is 13.1. The topological polar surface area (TPSA) is 157 Å². The van der Waals surface area contributed by atoms with E-state index in [0.29, 0.717) is 30.9 Å². The number of aliphatic hydroxyl groups is 1. The maximum absolute atomic E-state index is 14.1. The van der Waals surface area contributed by atoms with Gasteiger partial charge < -0.3 is 34.1 Å². The van der Waals surface area contributed by atoms with Gasteiger partial charge in [-0.1, -0.05) is 44.2 Å². The highest BCUT2D eigenvalue weighted by atomic mass is 32.2. The second-order valence-corrected chi connectivity index (χ2v) is 14.0. The molecular formula is C31H39N3O9S. The summed E-state index contributed by atoms with van der Waals surface area (Å²) in [5.41, 5.74) is 0.243. The number of aliphatic hydroxyl groups excluding tert-OH is 1. The molecule has 13 heteroatoms. The third-order valence-corrected chi connectivity index (χ3v) is 10.0. The molecule has 0 aliphatic carbocycles. The van der Waals surface area contributed by atoms with Crippen LogP contribution in [0.15, 0.2) is 53.4 Å². The molecule has 5 rings (SSSR count). The molecule has 0 spiro atoms. The Kier molecular flexibility index (Phi) is 9.97. The molecule has 2 fully saturated rings. The number of ether oxygens (including phenoxy) is 5. The summed E-state index contributed by atoms with van der Waals surface area (Å²) in [6, 6.07) is 14.9. The number of carbonyl (C=O) groups excluding carboxylic acids is 1. The van der Waals surface area contributed by atoms with Gasteiger partial charge in [0.2, 0.25) is 16.8 Å². The van der Waals surface area contributed by atoms with Crippen molar-refractivity contribution in [3.05, 3.63) is 54.1 Å². The summed E-state index contributed by atoms with van der Waals surface area (Å²) in [6.07, 6.45) is -1.30. The lowest BCUT2D eigenvalue weighted by Gasteiger charge is -2.35. The van der Waals surface area contributed by atoms with Crippen molar-refractivity contribution in [1.82, 2.24) is 9.62 Å². The van der Waals surface area contributed by atoms with Gasteiger partial charge in [-0.25, -0.2) is 13.2 Å². The number of sulfonamides is 1. The van der Waals surface area contributed by atoms with Gasteiger partial charge in [0, 0.05) is 25.6 Å². The summed E-state index contributed by atoms with van der Waals surface area (Å²) in [5, 5.41) is 23.6. The predicted molar refractivity (Wildman–Crippen MR) is 157 cm³/mol. The number of hydrogen-bond acceptors (Lipinski definition) is 10. The minimum atomic E-state index is -4.16. The van der Waals surface area contributed by atoms with Crippen molar-refractivity contribution in [2.24, 2.45) is 11.3 Å². The van der Waals surface area contributed by atoms with E-state index in [1.165, 1.54) is 22.5 Å². The summed E-state index contributed by atoms with van der Waals surface area (Å²) in [5.74, 6) is 0.697. The number of hydrogen-bond donors (Lipinski definition) is 2. The van der Waals surface area contributed by atoms with Crippen LogP contribution in [0.2, 0.25) is 0 Å².